The summed E-state index contributed by atoms with van der Waals surface area (Å²) in [6.45, 7) is 0.566. The number of aromatic nitrogens is 2. The first-order valence-corrected chi connectivity index (χ1v) is 8.50. The van der Waals surface area contributed by atoms with Gasteiger partial charge in [0.2, 0.25) is 0 Å². The molecular weight excluding hydrogens is 324 g/mol. The molecule has 4 rings (SSSR count). The van der Waals surface area contributed by atoms with Gasteiger partial charge in [-0.3, -0.25) is 0 Å². The van der Waals surface area contributed by atoms with Crippen molar-refractivity contribution in [3.8, 4) is 17.4 Å². The van der Waals surface area contributed by atoms with Gasteiger partial charge in [0.1, 0.15) is 11.3 Å². The maximum absolute atomic E-state index is 5.72. The number of furan rings is 1. The molecule has 0 saturated carbocycles. The molecule has 24 heavy (non-hydrogen) atoms. The lowest BCUT2D eigenvalue weighted by Gasteiger charge is -2.03. The van der Waals surface area contributed by atoms with E-state index in [0.29, 0.717) is 23.5 Å². The normalized spacial score (nSPS) is 11.0. The van der Waals surface area contributed by atoms with E-state index in [2.05, 4.69) is 10.2 Å². The fourth-order valence-electron chi connectivity index (χ4n) is 2.26. The molecule has 0 aliphatic rings. The smallest absolute Gasteiger partial charge is 0.284 e. The van der Waals surface area contributed by atoms with Gasteiger partial charge in [0.05, 0.1) is 6.61 Å². The SMILES string of the molecule is c1ccc(OCCSc2nnc(-c3cc4ccccc4o3)o2)cc1. The van der Waals surface area contributed by atoms with Crippen molar-refractivity contribution in [2.24, 2.45) is 0 Å². The number of para-hydroxylation sites is 2. The van der Waals surface area contributed by atoms with Crippen molar-refractivity contribution in [2.45, 2.75) is 5.22 Å². The Hall–Kier alpha value is -2.73. The summed E-state index contributed by atoms with van der Waals surface area (Å²) in [4.78, 5) is 0. The monoisotopic (exact) mass is 338 g/mol. The van der Waals surface area contributed by atoms with Crippen LogP contribution in [-0.2, 0) is 0 Å². The molecule has 0 bridgehead atoms. The van der Waals surface area contributed by atoms with E-state index in [0.717, 1.165) is 22.5 Å². The molecule has 2 aromatic heterocycles. The van der Waals surface area contributed by atoms with Gasteiger partial charge in [-0.2, -0.15) is 0 Å². The fourth-order valence-corrected chi connectivity index (χ4v) is 2.84. The third kappa shape index (κ3) is 3.28. The van der Waals surface area contributed by atoms with Crippen LogP contribution < -0.4 is 4.74 Å². The largest absolute Gasteiger partial charge is 0.493 e. The lowest BCUT2D eigenvalue weighted by atomic mass is 10.2. The molecule has 0 unspecified atom stereocenters. The zero-order valence-electron chi connectivity index (χ0n) is 12.7. The molecule has 2 heterocycles. The van der Waals surface area contributed by atoms with Crippen LogP contribution in [0.25, 0.3) is 22.6 Å². The molecule has 0 radical (unpaired) electrons. The summed E-state index contributed by atoms with van der Waals surface area (Å²) in [6, 6.07) is 19.4. The Balaban J connectivity index is 1.36. The number of fused-ring (bicyclic) bond motifs is 1. The number of nitrogens with zero attached hydrogens (tertiary/aromatic N) is 2. The Bertz CT molecular complexity index is 901. The zero-order valence-corrected chi connectivity index (χ0v) is 13.5. The summed E-state index contributed by atoms with van der Waals surface area (Å²) in [5, 5.41) is 9.60. The minimum Gasteiger partial charge on any atom is -0.493 e. The van der Waals surface area contributed by atoms with Gasteiger partial charge in [-0.1, -0.05) is 48.2 Å². The lowest BCUT2D eigenvalue weighted by Crippen LogP contribution is -1.99. The third-order valence-corrected chi connectivity index (χ3v) is 4.15. The van der Waals surface area contributed by atoms with Crippen molar-refractivity contribution in [1.82, 2.24) is 10.2 Å². The molecule has 6 heteroatoms. The predicted molar refractivity (Wildman–Crippen MR) is 92.2 cm³/mol. The van der Waals surface area contributed by atoms with E-state index in [1.165, 1.54) is 11.8 Å². The van der Waals surface area contributed by atoms with Crippen LogP contribution in [0.4, 0.5) is 0 Å². The summed E-state index contributed by atoms with van der Waals surface area (Å²) in [5.74, 6) is 2.54. The van der Waals surface area contributed by atoms with E-state index in [1.54, 1.807) is 0 Å². The molecule has 0 fully saturated rings. The zero-order chi connectivity index (χ0) is 16.2. The van der Waals surface area contributed by atoms with Crippen molar-refractivity contribution in [2.75, 3.05) is 12.4 Å². The molecule has 0 aliphatic heterocycles. The van der Waals surface area contributed by atoms with Crippen molar-refractivity contribution >= 4 is 22.7 Å². The Labute approximate surface area is 142 Å². The topological polar surface area (TPSA) is 61.3 Å². The molecule has 4 aromatic rings. The average Bonchev–Trinajstić information content (AvgIpc) is 3.26. The van der Waals surface area contributed by atoms with Crippen molar-refractivity contribution in [1.29, 1.82) is 0 Å². The van der Waals surface area contributed by atoms with Crippen LogP contribution >= 0.6 is 11.8 Å². The van der Waals surface area contributed by atoms with E-state index in [9.17, 15) is 0 Å². The van der Waals surface area contributed by atoms with Crippen LogP contribution in [0.5, 0.6) is 5.75 Å². The molecule has 0 atom stereocenters. The Kier molecular flexibility index (Phi) is 4.20. The van der Waals surface area contributed by atoms with E-state index in [-0.39, 0.29) is 0 Å². The fraction of sp³-hybridized carbons (Fsp3) is 0.111. The summed E-state index contributed by atoms with van der Waals surface area (Å²) < 4.78 is 17.0. The van der Waals surface area contributed by atoms with Crippen LogP contribution in [0.3, 0.4) is 0 Å². The van der Waals surface area contributed by atoms with Crippen molar-refractivity contribution in [3.05, 3.63) is 60.7 Å². The highest BCUT2D eigenvalue weighted by Gasteiger charge is 2.13. The lowest BCUT2D eigenvalue weighted by molar-refractivity contribution is 0.343. The predicted octanol–water partition coefficient (Wildman–Crippen LogP) is 4.65. The summed E-state index contributed by atoms with van der Waals surface area (Å²) in [5.41, 5.74) is 0.802. The molecular formula is C18H14N2O3S. The second-order valence-corrected chi connectivity index (χ2v) is 6.08. The van der Waals surface area contributed by atoms with Gasteiger partial charge < -0.3 is 13.6 Å². The molecule has 0 N–H and O–H groups in total. The molecule has 0 amide bonds. The van der Waals surface area contributed by atoms with Crippen molar-refractivity contribution < 1.29 is 13.6 Å². The minimum absolute atomic E-state index is 0.387. The van der Waals surface area contributed by atoms with E-state index in [1.807, 2.05) is 60.7 Å². The van der Waals surface area contributed by atoms with Crippen molar-refractivity contribution in [3.63, 3.8) is 0 Å². The number of rotatable bonds is 6. The molecule has 120 valence electrons. The minimum atomic E-state index is 0.387. The second-order valence-electron chi connectivity index (χ2n) is 5.03. The Morgan fingerprint density at radius 2 is 1.75 bits per heavy atom. The summed E-state index contributed by atoms with van der Waals surface area (Å²) in [7, 11) is 0. The van der Waals surface area contributed by atoms with Gasteiger partial charge in [-0.05, 0) is 24.3 Å². The standard InChI is InChI=1S/C18H14N2O3S/c1-2-7-14(8-3-1)21-10-11-24-18-20-19-17(23-18)16-12-13-6-4-5-9-15(13)22-16/h1-9,12H,10-11H2. The maximum Gasteiger partial charge on any atom is 0.284 e. The van der Waals surface area contributed by atoms with Gasteiger partial charge in [0.15, 0.2) is 5.76 Å². The van der Waals surface area contributed by atoms with Crippen LogP contribution in [0.1, 0.15) is 0 Å². The van der Waals surface area contributed by atoms with E-state index in [4.69, 9.17) is 13.6 Å². The van der Waals surface area contributed by atoms with Gasteiger partial charge in [-0.15, -0.1) is 10.2 Å². The Morgan fingerprint density at radius 3 is 2.62 bits per heavy atom. The van der Waals surface area contributed by atoms with Gasteiger partial charge in [0, 0.05) is 11.1 Å². The second kappa shape index (κ2) is 6.80. The highest BCUT2D eigenvalue weighted by Crippen LogP contribution is 2.28. The van der Waals surface area contributed by atoms with Gasteiger partial charge >= 0.3 is 0 Å². The molecule has 5 nitrogen and oxygen atoms in total. The number of benzene rings is 2. The van der Waals surface area contributed by atoms with Crippen LogP contribution in [0.15, 0.2) is 74.7 Å². The quantitative estimate of drug-likeness (QED) is 0.376. The van der Waals surface area contributed by atoms with Crippen LogP contribution in [-0.4, -0.2) is 22.6 Å². The highest BCUT2D eigenvalue weighted by molar-refractivity contribution is 7.99. The molecule has 2 aromatic carbocycles. The van der Waals surface area contributed by atoms with Crippen LogP contribution in [0.2, 0.25) is 0 Å². The van der Waals surface area contributed by atoms with Crippen LogP contribution in [0, 0.1) is 0 Å². The van der Waals surface area contributed by atoms with Gasteiger partial charge in [-0.25, -0.2) is 0 Å². The summed E-state index contributed by atoms with van der Waals surface area (Å²) in [6.07, 6.45) is 0. The number of hydrogen-bond donors (Lipinski definition) is 0. The molecule has 0 spiro atoms. The first-order valence-electron chi connectivity index (χ1n) is 7.51. The number of ether oxygens (including phenoxy) is 1. The molecule has 0 aliphatic carbocycles. The number of hydrogen-bond acceptors (Lipinski definition) is 6. The molecule has 0 saturated heterocycles. The summed E-state index contributed by atoms with van der Waals surface area (Å²) >= 11 is 1.46. The third-order valence-electron chi connectivity index (χ3n) is 3.36. The highest BCUT2D eigenvalue weighted by atomic mass is 32.2. The first kappa shape index (κ1) is 14.8. The van der Waals surface area contributed by atoms with E-state index < -0.39 is 0 Å². The average molecular weight is 338 g/mol. The Morgan fingerprint density at radius 1 is 0.917 bits per heavy atom. The van der Waals surface area contributed by atoms with Gasteiger partial charge in [0.25, 0.3) is 11.1 Å². The maximum atomic E-state index is 5.72. The first-order chi connectivity index (χ1) is 11.9. The van der Waals surface area contributed by atoms with E-state index >= 15 is 0 Å². The number of thioether (sulfide) groups is 1.